The molecule has 3 aromatic rings. The molecule has 6 heterocycles. The van der Waals surface area contributed by atoms with Crippen LogP contribution in [0.25, 0.3) is 10.9 Å². The van der Waals surface area contributed by atoms with Crippen LogP contribution in [0.3, 0.4) is 0 Å². The molecular formula is C26H27N3O2. The SMILES string of the molecule is CCC12CN3CC[C@H]1CC3[C@H](c1ccnc3ccc(C(=O)Nc4ccccc4)cc13)O2. The zero-order valence-electron chi connectivity index (χ0n) is 17.8. The number of rotatable bonds is 4. The predicted octanol–water partition coefficient (Wildman–Crippen LogP) is 4.80. The van der Waals surface area contributed by atoms with Gasteiger partial charge < -0.3 is 10.1 Å². The van der Waals surface area contributed by atoms with E-state index in [1.165, 1.54) is 19.4 Å². The molecule has 0 spiro atoms. The Morgan fingerprint density at radius 1 is 1.23 bits per heavy atom. The van der Waals surface area contributed by atoms with Gasteiger partial charge in [0.1, 0.15) is 0 Å². The molecule has 5 aliphatic rings. The summed E-state index contributed by atoms with van der Waals surface area (Å²) in [6.45, 7) is 4.49. The number of aromatic nitrogens is 1. The number of morpholine rings is 1. The van der Waals surface area contributed by atoms with Crippen LogP contribution in [-0.4, -0.2) is 40.5 Å². The number of anilines is 1. The first-order valence-electron chi connectivity index (χ1n) is 11.3. The largest absolute Gasteiger partial charge is 0.364 e. The van der Waals surface area contributed by atoms with E-state index >= 15 is 0 Å². The lowest BCUT2D eigenvalue weighted by atomic mass is 9.66. The number of carbonyl (C=O) groups excluding carboxylic acids is 1. The van der Waals surface area contributed by atoms with Gasteiger partial charge in [-0.15, -0.1) is 0 Å². The fourth-order valence-electron chi connectivity index (χ4n) is 6.01. The summed E-state index contributed by atoms with van der Waals surface area (Å²) in [5.74, 6) is 0.561. The minimum absolute atomic E-state index is 0.0307. The van der Waals surface area contributed by atoms with Gasteiger partial charge in [0.05, 0.1) is 17.2 Å². The van der Waals surface area contributed by atoms with E-state index in [9.17, 15) is 4.79 Å². The van der Waals surface area contributed by atoms with Crippen LogP contribution in [0.15, 0.2) is 60.8 Å². The van der Waals surface area contributed by atoms with E-state index in [4.69, 9.17) is 4.74 Å². The van der Waals surface area contributed by atoms with Crippen molar-refractivity contribution in [3.05, 3.63) is 71.9 Å². The third-order valence-corrected chi connectivity index (χ3v) is 7.66. The maximum atomic E-state index is 12.9. The van der Waals surface area contributed by atoms with Gasteiger partial charge >= 0.3 is 0 Å². The Hall–Kier alpha value is -2.76. The van der Waals surface area contributed by atoms with Gasteiger partial charge in [0.15, 0.2) is 0 Å². The van der Waals surface area contributed by atoms with Crippen molar-refractivity contribution in [1.29, 1.82) is 0 Å². The van der Waals surface area contributed by atoms with Crippen molar-refractivity contribution in [3.63, 3.8) is 0 Å². The van der Waals surface area contributed by atoms with Crippen LogP contribution in [-0.2, 0) is 4.74 Å². The monoisotopic (exact) mass is 413 g/mol. The molecule has 4 bridgehead atoms. The number of fused-ring (bicyclic) bond motifs is 3. The predicted molar refractivity (Wildman–Crippen MR) is 121 cm³/mol. The number of hydrogen-bond donors (Lipinski definition) is 1. The highest BCUT2D eigenvalue weighted by Crippen LogP contribution is 2.54. The second kappa shape index (κ2) is 7.14. The van der Waals surface area contributed by atoms with Crippen LogP contribution >= 0.6 is 0 Å². The normalized spacial score (nSPS) is 31.1. The fourth-order valence-corrected chi connectivity index (χ4v) is 6.01. The lowest BCUT2D eigenvalue weighted by Crippen LogP contribution is -2.70. The number of nitrogens with zero attached hydrogens (tertiary/aromatic N) is 2. The number of amides is 1. The molecule has 0 aliphatic carbocycles. The summed E-state index contributed by atoms with van der Waals surface area (Å²) in [7, 11) is 0. The standard InChI is InChI=1S/C26H27N3O2/c1-2-26-16-29-13-11-18(26)15-23(29)24(31-26)20-10-12-27-22-9-8-17(14-21(20)22)25(30)28-19-6-4-3-5-7-19/h3-10,12,14,18,23-24H,2,11,13,15-16H2,1H3,(H,28,30)/t18-,23?,24-,26?/m0/s1. The lowest BCUT2D eigenvalue weighted by Gasteiger charge is -2.64. The molecule has 2 aromatic carbocycles. The van der Waals surface area contributed by atoms with E-state index in [0.717, 1.165) is 35.1 Å². The van der Waals surface area contributed by atoms with E-state index in [0.29, 0.717) is 17.5 Å². The Morgan fingerprint density at radius 3 is 2.87 bits per heavy atom. The smallest absolute Gasteiger partial charge is 0.255 e. The summed E-state index contributed by atoms with van der Waals surface area (Å²) in [4.78, 5) is 20.1. The Bertz CT molecular complexity index is 1150. The molecule has 3 unspecified atom stereocenters. The molecule has 5 heteroatoms. The van der Waals surface area contributed by atoms with Gasteiger partial charge in [-0.05, 0) is 73.7 Å². The van der Waals surface area contributed by atoms with Crippen molar-refractivity contribution in [1.82, 2.24) is 9.88 Å². The summed E-state index contributed by atoms with van der Waals surface area (Å²) in [6, 6.07) is 17.8. The van der Waals surface area contributed by atoms with Gasteiger partial charge in [-0.3, -0.25) is 14.7 Å². The fraction of sp³-hybridized carbons (Fsp3) is 0.385. The van der Waals surface area contributed by atoms with Gasteiger partial charge in [0.2, 0.25) is 0 Å². The van der Waals surface area contributed by atoms with Crippen LogP contribution in [0, 0.1) is 5.92 Å². The van der Waals surface area contributed by atoms with Gasteiger partial charge in [0.25, 0.3) is 5.91 Å². The zero-order chi connectivity index (χ0) is 21.0. The van der Waals surface area contributed by atoms with Crippen LogP contribution in [0.2, 0.25) is 0 Å². The topological polar surface area (TPSA) is 54.5 Å². The Morgan fingerprint density at radius 2 is 2.10 bits per heavy atom. The summed E-state index contributed by atoms with van der Waals surface area (Å²) >= 11 is 0. The Balaban J connectivity index is 1.38. The van der Waals surface area contributed by atoms with E-state index in [-0.39, 0.29) is 17.6 Å². The second-order valence-corrected chi connectivity index (χ2v) is 9.17. The molecule has 5 atom stereocenters. The number of pyridine rings is 1. The van der Waals surface area contributed by atoms with Crippen molar-refractivity contribution in [2.24, 2.45) is 5.92 Å². The third-order valence-electron chi connectivity index (χ3n) is 7.66. The van der Waals surface area contributed by atoms with E-state index < -0.39 is 0 Å². The van der Waals surface area contributed by atoms with Gasteiger partial charge in [0, 0.05) is 35.4 Å². The molecule has 0 radical (unpaired) electrons. The Labute approximate surface area is 182 Å². The lowest BCUT2D eigenvalue weighted by molar-refractivity contribution is -0.274. The number of carbonyl (C=O) groups is 1. The Kier molecular flexibility index (Phi) is 4.37. The molecule has 1 aromatic heterocycles. The minimum Gasteiger partial charge on any atom is -0.364 e. The van der Waals surface area contributed by atoms with Gasteiger partial charge in [-0.25, -0.2) is 0 Å². The van der Waals surface area contributed by atoms with Crippen molar-refractivity contribution < 1.29 is 9.53 Å². The summed E-state index contributed by atoms with van der Waals surface area (Å²) < 4.78 is 6.88. The maximum Gasteiger partial charge on any atom is 0.255 e. The quantitative estimate of drug-likeness (QED) is 0.667. The first kappa shape index (κ1) is 19.0. The minimum atomic E-state index is -0.109. The summed E-state index contributed by atoms with van der Waals surface area (Å²) in [5, 5.41) is 4.00. The highest BCUT2D eigenvalue weighted by Gasteiger charge is 2.58. The maximum absolute atomic E-state index is 12.9. The average molecular weight is 414 g/mol. The van der Waals surface area contributed by atoms with Crippen molar-refractivity contribution in [3.8, 4) is 0 Å². The molecule has 5 nitrogen and oxygen atoms in total. The number of piperidine rings is 3. The van der Waals surface area contributed by atoms with Crippen LogP contribution in [0.5, 0.6) is 0 Å². The zero-order valence-corrected chi connectivity index (χ0v) is 17.8. The van der Waals surface area contributed by atoms with Crippen LogP contribution in [0.1, 0.15) is 48.2 Å². The molecule has 31 heavy (non-hydrogen) atoms. The molecule has 5 aliphatic heterocycles. The van der Waals surface area contributed by atoms with Gasteiger partial charge in [-0.1, -0.05) is 25.1 Å². The van der Waals surface area contributed by atoms with Crippen molar-refractivity contribution in [2.75, 3.05) is 18.4 Å². The molecular weight excluding hydrogens is 386 g/mol. The molecule has 0 saturated carbocycles. The molecule has 5 fully saturated rings. The average Bonchev–Trinajstić information content (AvgIpc) is 2.83. The first-order valence-corrected chi connectivity index (χ1v) is 11.3. The summed E-state index contributed by atoms with van der Waals surface area (Å²) in [5.41, 5.74) is 3.46. The molecule has 5 saturated heterocycles. The molecule has 1 N–H and O–H groups in total. The summed E-state index contributed by atoms with van der Waals surface area (Å²) in [6.07, 6.45) is 5.40. The van der Waals surface area contributed by atoms with Crippen molar-refractivity contribution in [2.45, 2.75) is 43.9 Å². The second-order valence-electron chi connectivity index (χ2n) is 9.17. The highest BCUT2D eigenvalue weighted by atomic mass is 16.5. The van der Waals surface area contributed by atoms with E-state index in [2.05, 4.69) is 28.2 Å². The van der Waals surface area contributed by atoms with Gasteiger partial charge in [-0.2, -0.15) is 0 Å². The van der Waals surface area contributed by atoms with Crippen LogP contribution < -0.4 is 5.32 Å². The third kappa shape index (κ3) is 2.99. The number of hydrogen-bond acceptors (Lipinski definition) is 4. The van der Waals surface area contributed by atoms with E-state index in [1.807, 2.05) is 54.7 Å². The van der Waals surface area contributed by atoms with Crippen LogP contribution in [0.4, 0.5) is 5.69 Å². The molecule has 1 amide bonds. The van der Waals surface area contributed by atoms with Crippen molar-refractivity contribution >= 4 is 22.5 Å². The van der Waals surface area contributed by atoms with E-state index in [1.54, 1.807) is 0 Å². The molecule has 8 rings (SSSR count). The number of nitrogens with one attached hydrogen (secondary N) is 1. The molecule has 158 valence electrons. The first-order chi connectivity index (χ1) is 15.2. The number of ether oxygens (including phenoxy) is 1. The number of benzene rings is 2. The number of para-hydroxylation sites is 1. The highest BCUT2D eigenvalue weighted by molar-refractivity contribution is 6.06.